The van der Waals surface area contributed by atoms with Crippen molar-refractivity contribution >= 4 is 33.3 Å². The highest BCUT2D eigenvalue weighted by molar-refractivity contribution is 7.92. The average Bonchev–Trinajstić information content (AvgIpc) is 2.46. The Labute approximate surface area is 138 Å². The minimum Gasteiger partial charge on any atom is -0.465 e. The van der Waals surface area contributed by atoms with E-state index in [0.29, 0.717) is 0 Å². The Morgan fingerprint density at radius 3 is 2.35 bits per heavy atom. The van der Waals surface area contributed by atoms with Crippen molar-refractivity contribution in [2.45, 2.75) is 11.8 Å². The lowest BCUT2D eigenvalue weighted by molar-refractivity contribution is 0.0596. The summed E-state index contributed by atoms with van der Waals surface area (Å²) in [5.74, 6) is -1.92. The van der Waals surface area contributed by atoms with E-state index in [2.05, 4.69) is 9.46 Å². The molecule has 0 aliphatic rings. The topological polar surface area (TPSA) is 72.5 Å². The second-order valence-electron chi connectivity index (χ2n) is 4.73. The quantitative estimate of drug-likeness (QED) is 0.851. The van der Waals surface area contributed by atoms with Crippen LogP contribution in [0.5, 0.6) is 0 Å². The second kappa shape index (κ2) is 6.55. The Morgan fingerprint density at radius 2 is 1.83 bits per heavy atom. The second-order valence-corrected chi connectivity index (χ2v) is 6.81. The van der Waals surface area contributed by atoms with E-state index < -0.39 is 27.4 Å². The lowest BCUT2D eigenvalue weighted by Crippen LogP contribution is -2.14. The summed E-state index contributed by atoms with van der Waals surface area (Å²) < 4.78 is 45.1. The maximum Gasteiger partial charge on any atom is 0.342 e. The van der Waals surface area contributed by atoms with Crippen LogP contribution >= 0.6 is 11.6 Å². The highest BCUT2D eigenvalue weighted by Gasteiger charge is 2.20. The number of methoxy groups -OCH3 is 1. The third-order valence-electron chi connectivity index (χ3n) is 3.02. The van der Waals surface area contributed by atoms with Gasteiger partial charge < -0.3 is 4.74 Å². The molecular weight excluding hydrogens is 345 g/mol. The summed E-state index contributed by atoms with van der Waals surface area (Å²) in [6.07, 6.45) is 0. The molecule has 0 unspecified atom stereocenters. The molecule has 23 heavy (non-hydrogen) atoms. The van der Waals surface area contributed by atoms with E-state index in [9.17, 15) is 17.6 Å². The van der Waals surface area contributed by atoms with Gasteiger partial charge in [0.25, 0.3) is 10.0 Å². The summed E-state index contributed by atoms with van der Waals surface area (Å²) >= 11 is 5.83. The number of halogens is 2. The number of nitrogens with one attached hydrogen (secondary N) is 1. The van der Waals surface area contributed by atoms with E-state index in [-0.39, 0.29) is 15.6 Å². The summed E-state index contributed by atoms with van der Waals surface area (Å²) in [6, 6.07) is 8.15. The lowest BCUT2D eigenvalue weighted by Gasteiger charge is -2.11. The molecular formula is C15H13ClFNO4S. The zero-order chi connectivity index (χ0) is 17.2. The fourth-order valence-corrected chi connectivity index (χ4v) is 3.19. The molecule has 0 atom stereocenters. The highest BCUT2D eigenvalue weighted by Crippen LogP contribution is 2.26. The summed E-state index contributed by atoms with van der Waals surface area (Å²) in [6.45, 7) is 1.82. The first-order valence-electron chi connectivity index (χ1n) is 6.41. The summed E-state index contributed by atoms with van der Waals surface area (Å²) in [4.78, 5) is 11.4. The first-order valence-corrected chi connectivity index (χ1v) is 8.27. The molecule has 2 aromatic carbocycles. The van der Waals surface area contributed by atoms with E-state index in [0.717, 1.165) is 24.8 Å². The van der Waals surface area contributed by atoms with Gasteiger partial charge >= 0.3 is 5.97 Å². The van der Waals surface area contributed by atoms with Crippen LogP contribution in [0.15, 0.2) is 41.3 Å². The SMILES string of the molecule is COC(=O)c1c(F)cc(NS(=O)(=O)c2ccc(C)cc2)cc1Cl. The standard InChI is InChI=1S/C15H13ClFNO4S/c1-9-3-5-11(6-4-9)23(20,21)18-10-7-12(16)14(13(17)8-10)15(19)22-2/h3-8,18H,1-2H3. The summed E-state index contributed by atoms with van der Waals surface area (Å²) in [5.41, 5.74) is 0.355. The number of hydrogen-bond acceptors (Lipinski definition) is 4. The fourth-order valence-electron chi connectivity index (χ4n) is 1.86. The maximum absolute atomic E-state index is 14.0. The van der Waals surface area contributed by atoms with Crippen LogP contribution in [0.1, 0.15) is 15.9 Å². The van der Waals surface area contributed by atoms with Crippen molar-refractivity contribution in [3.8, 4) is 0 Å². The highest BCUT2D eigenvalue weighted by atomic mass is 35.5. The van der Waals surface area contributed by atoms with Crippen LogP contribution in [0.25, 0.3) is 0 Å². The number of benzene rings is 2. The summed E-state index contributed by atoms with van der Waals surface area (Å²) in [5, 5.41) is -0.251. The van der Waals surface area contributed by atoms with Gasteiger partial charge in [-0.15, -0.1) is 0 Å². The molecule has 0 amide bonds. The molecule has 0 fully saturated rings. The molecule has 2 rings (SSSR count). The van der Waals surface area contributed by atoms with Gasteiger partial charge in [-0.3, -0.25) is 4.72 Å². The Bertz CT molecular complexity index is 827. The van der Waals surface area contributed by atoms with Gasteiger partial charge in [-0.25, -0.2) is 17.6 Å². The first-order chi connectivity index (χ1) is 10.7. The van der Waals surface area contributed by atoms with Gasteiger partial charge in [0.05, 0.1) is 22.7 Å². The van der Waals surface area contributed by atoms with Crippen LogP contribution in [0, 0.1) is 12.7 Å². The van der Waals surface area contributed by atoms with Gasteiger partial charge in [0.1, 0.15) is 11.4 Å². The lowest BCUT2D eigenvalue weighted by atomic mass is 10.2. The monoisotopic (exact) mass is 357 g/mol. The van der Waals surface area contributed by atoms with Crippen LogP contribution in [0.2, 0.25) is 5.02 Å². The van der Waals surface area contributed by atoms with Crippen molar-refractivity contribution in [1.82, 2.24) is 0 Å². The predicted molar refractivity (Wildman–Crippen MR) is 84.7 cm³/mol. The number of carbonyl (C=O) groups excluding carboxylic acids is 1. The third kappa shape index (κ3) is 3.80. The van der Waals surface area contributed by atoms with Gasteiger partial charge in [0.2, 0.25) is 0 Å². The van der Waals surface area contributed by atoms with Crippen LogP contribution in [-0.4, -0.2) is 21.5 Å². The van der Waals surface area contributed by atoms with Gasteiger partial charge in [-0.05, 0) is 31.2 Å². The Morgan fingerprint density at radius 1 is 1.22 bits per heavy atom. The number of sulfonamides is 1. The minimum atomic E-state index is -3.89. The molecule has 0 spiro atoms. The molecule has 0 bridgehead atoms. The van der Waals surface area contributed by atoms with E-state index >= 15 is 0 Å². The smallest absolute Gasteiger partial charge is 0.342 e. The number of carbonyl (C=O) groups is 1. The van der Waals surface area contributed by atoms with Crippen molar-refractivity contribution in [3.63, 3.8) is 0 Å². The number of esters is 1. The number of aryl methyl sites for hydroxylation is 1. The Kier molecular flexibility index (Phi) is 4.91. The van der Waals surface area contributed by atoms with E-state index in [1.807, 2.05) is 6.92 Å². The number of rotatable bonds is 4. The molecule has 122 valence electrons. The van der Waals surface area contributed by atoms with Crippen molar-refractivity contribution < 1.29 is 22.3 Å². The van der Waals surface area contributed by atoms with Crippen LogP contribution in [0.4, 0.5) is 10.1 Å². The number of anilines is 1. The van der Waals surface area contributed by atoms with Crippen molar-refractivity contribution in [2.75, 3.05) is 11.8 Å². The molecule has 0 saturated heterocycles. The molecule has 8 heteroatoms. The zero-order valence-electron chi connectivity index (χ0n) is 12.3. The Balaban J connectivity index is 2.37. The van der Waals surface area contributed by atoms with Gasteiger partial charge in [-0.1, -0.05) is 29.3 Å². The molecule has 0 aliphatic carbocycles. The van der Waals surface area contributed by atoms with E-state index in [1.165, 1.54) is 12.1 Å². The van der Waals surface area contributed by atoms with Crippen LogP contribution in [-0.2, 0) is 14.8 Å². The molecule has 5 nitrogen and oxygen atoms in total. The number of hydrogen-bond donors (Lipinski definition) is 1. The maximum atomic E-state index is 14.0. The fraction of sp³-hybridized carbons (Fsp3) is 0.133. The van der Waals surface area contributed by atoms with Crippen molar-refractivity contribution in [2.24, 2.45) is 0 Å². The number of ether oxygens (including phenoxy) is 1. The molecule has 0 heterocycles. The molecule has 2 aromatic rings. The van der Waals surface area contributed by atoms with Crippen LogP contribution < -0.4 is 4.72 Å². The zero-order valence-corrected chi connectivity index (χ0v) is 13.8. The minimum absolute atomic E-state index is 0.0247. The third-order valence-corrected chi connectivity index (χ3v) is 4.71. The Hall–Kier alpha value is -2.12. The molecule has 0 aliphatic heterocycles. The van der Waals surface area contributed by atoms with Gasteiger partial charge in [0, 0.05) is 0 Å². The average molecular weight is 358 g/mol. The normalized spacial score (nSPS) is 11.1. The van der Waals surface area contributed by atoms with E-state index in [4.69, 9.17) is 11.6 Å². The molecule has 1 N–H and O–H groups in total. The largest absolute Gasteiger partial charge is 0.465 e. The molecule has 0 saturated carbocycles. The van der Waals surface area contributed by atoms with E-state index in [1.54, 1.807) is 12.1 Å². The van der Waals surface area contributed by atoms with Gasteiger partial charge in [0.15, 0.2) is 0 Å². The van der Waals surface area contributed by atoms with Crippen molar-refractivity contribution in [3.05, 3.63) is 58.4 Å². The van der Waals surface area contributed by atoms with Crippen LogP contribution in [0.3, 0.4) is 0 Å². The molecule has 0 aromatic heterocycles. The van der Waals surface area contributed by atoms with Gasteiger partial charge in [-0.2, -0.15) is 0 Å². The summed E-state index contributed by atoms with van der Waals surface area (Å²) in [7, 11) is -2.80. The first kappa shape index (κ1) is 17.2. The predicted octanol–water partition coefficient (Wildman–Crippen LogP) is 3.37. The molecule has 0 radical (unpaired) electrons. The van der Waals surface area contributed by atoms with Crippen molar-refractivity contribution in [1.29, 1.82) is 0 Å².